The van der Waals surface area contributed by atoms with Crippen LogP contribution in [0.1, 0.15) is 33.6 Å². The summed E-state index contributed by atoms with van der Waals surface area (Å²) < 4.78 is 10.3. The monoisotopic (exact) mass is 443 g/mol. The van der Waals surface area contributed by atoms with E-state index in [2.05, 4.69) is 21.2 Å². The lowest BCUT2D eigenvalue weighted by atomic mass is 9.95. The predicted molar refractivity (Wildman–Crippen MR) is 123 cm³/mol. The van der Waals surface area contributed by atoms with Crippen LogP contribution in [0, 0.1) is 0 Å². The number of rotatable bonds is 6. The van der Waals surface area contributed by atoms with Gasteiger partial charge in [-0.3, -0.25) is 9.69 Å². The van der Waals surface area contributed by atoms with E-state index in [1.807, 2.05) is 18.2 Å². The Balaban J connectivity index is 1.36. The number of carbonyl (C=O) groups is 2. The number of piperazine rings is 1. The van der Waals surface area contributed by atoms with Crippen molar-refractivity contribution in [2.24, 2.45) is 0 Å². The molecule has 0 atom stereocenters. The minimum Gasteiger partial charge on any atom is -0.497 e. The number of nitrogens with zero attached hydrogens (tertiary/aromatic N) is 2. The van der Waals surface area contributed by atoms with E-state index in [1.165, 1.54) is 23.3 Å². The minimum atomic E-state index is -0.360. The molecular formula is C23H29N3O4S. The van der Waals surface area contributed by atoms with Crippen molar-refractivity contribution in [2.75, 3.05) is 57.2 Å². The number of anilines is 2. The second kappa shape index (κ2) is 9.70. The highest BCUT2D eigenvalue weighted by atomic mass is 32.1. The van der Waals surface area contributed by atoms with Crippen LogP contribution in [0.2, 0.25) is 0 Å². The first-order valence-electron chi connectivity index (χ1n) is 10.7. The van der Waals surface area contributed by atoms with Crippen molar-refractivity contribution < 1.29 is 19.1 Å². The van der Waals surface area contributed by atoms with Gasteiger partial charge in [-0.05, 0) is 43.4 Å². The molecule has 2 heterocycles. The van der Waals surface area contributed by atoms with Gasteiger partial charge >= 0.3 is 5.97 Å². The van der Waals surface area contributed by atoms with Crippen molar-refractivity contribution >= 4 is 33.9 Å². The Morgan fingerprint density at radius 3 is 2.61 bits per heavy atom. The van der Waals surface area contributed by atoms with Crippen molar-refractivity contribution in [3.63, 3.8) is 0 Å². The number of hydrogen-bond donors (Lipinski definition) is 1. The molecule has 0 saturated carbocycles. The van der Waals surface area contributed by atoms with Gasteiger partial charge < -0.3 is 19.7 Å². The van der Waals surface area contributed by atoms with Crippen molar-refractivity contribution in [1.82, 2.24) is 4.90 Å². The van der Waals surface area contributed by atoms with E-state index < -0.39 is 0 Å². The first-order chi connectivity index (χ1) is 15.1. The van der Waals surface area contributed by atoms with Crippen LogP contribution in [-0.4, -0.2) is 63.7 Å². The summed E-state index contributed by atoms with van der Waals surface area (Å²) in [4.78, 5) is 30.8. The summed E-state index contributed by atoms with van der Waals surface area (Å²) in [5.41, 5.74) is 2.75. The average Bonchev–Trinajstić information content (AvgIpc) is 3.16. The maximum Gasteiger partial charge on any atom is 0.341 e. The van der Waals surface area contributed by atoms with E-state index >= 15 is 0 Å². The molecule has 0 radical (unpaired) electrons. The maximum atomic E-state index is 12.8. The summed E-state index contributed by atoms with van der Waals surface area (Å²) in [6, 6.07) is 8.05. The molecule has 2 aromatic rings. The molecule has 1 fully saturated rings. The molecule has 4 rings (SSSR count). The lowest BCUT2D eigenvalue weighted by Gasteiger charge is -2.35. The summed E-state index contributed by atoms with van der Waals surface area (Å²) in [5, 5.41) is 3.63. The Morgan fingerprint density at radius 1 is 1.10 bits per heavy atom. The Bertz CT molecular complexity index is 950. The third-order valence-electron chi connectivity index (χ3n) is 5.97. The second-order valence-corrected chi connectivity index (χ2v) is 9.02. The van der Waals surface area contributed by atoms with Gasteiger partial charge in [0, 0.05) is 42.8 Å². The molecule has 1 aromatic heterocycles. The summed E-state index contributed by atoms with van der Waals surface area (Å²) in [6.07, 6.45) is 4.03. The number of amides is 1. The van der Waals surface area contributed by atoms with Crippen LogP contribution < -0.4 is 15.0 Å². The number of benzene rings is 1. The number of carbonyl (C=O) groups excluding carboxylic acids is 2. The second-order valence-electron chi connectivity index (χ2n) is 7.92. The van der Waals surface area contributed by atoms with Gasteiger partial charge in [0.25, 0.3) is 0 Å². The number of ether oxygens (including phenoxy) is 2. The molecule has 7 nitrogen and oxygen atoms in total. The highest BCUT2D eigenvalue weighted by Crippen LogP contribution is 2.38. The van der Waals surface area contributed by atoms with Gasteiger partial charge in [-0.2, -0.15) is 0 Å². The lowest BCUT2D eigenvalue weighted by molar-refractivity contribution is -0.117. The zero-order chi connectivity index (χ0) is 21.8. The third kappa shape index (κ3) is 4.85. The Kier molecular flexibility index (Phi) is 6.77. The molecule has 1 aliphatic carbocycles. The number of methoxy groups -OCH3 is 2. The lowest BCUT2D eigenvalue weighted by Crippen LogP contribution is -2.48. The zero-order valence-electron chi connectivity index (χ0n) is 18.1. The van der Waals surface area contributed by atoms with E-state index in [0.717, 1.165) is 68.9 Å². The summed E-state index contributed by atoms with van der Waals surface area (Å²) in [5.74, 6) is 0.402. The van der Waals surface area contributed by atoms with Crippen LogP contribution >= 0.6 is 11.3 Å². The van der Waals surface area contributed by atoms with Crippen molar-refractivity contribution in [3.8, 4) is 5.75 Å². The van der Waals surface area contributed by atoms with Crippen LogP contribution in [0.3, 0.4) is 0 Å². The first kappa shape index (κ1) is 21.6. The van der Waals surface area contributed by atoms with Crippen molar-refractivity contribution in [3.05, 3.63) is 40.3 Å². The molecule has 2 aliphatic rings. The molecule has 0 spiro atoms. The molecule has 1 aliphatic heterocycles. The number of esters is 1. The van der Waals surface area contributed by atoms with Gasteiger partial charge in [-0.25, -0.2) is 4.79 Å². The topological polar surface area (TPSA) is 71.1 Å². The largest absolute Gasteiger partial charge is 0.497 e. The van der Waals surface area contributed by atoms with E-state index in [-0.39, 0.29) is 11.9 Å². The van der Waals surface area contributed by atoms with Gasteiger partial charge in [0.05, 0.1) is 26.3 Å². The Hall–Kier alpha value is -2.58. The van der Waals surface area contributed by atoms with Crippen LogP contribution in [0.15, 0.2) is 24.3 Å². The molecule has 0 bridgehead atoms. The van der Waals surface area contributed by atoms with Gasteiger partial charge in [0.1, 0.15) is 10.8 Å². The predicted octanol–water partition coefficient (Wildman–Crippen LogP) is 3.18. The molecule has 1 saturated heterocycles. The number of aryl methyl sites for hydroxylation is 1. The zero-order valence-corrected chi connectivity index (χ0v) is 18.9. The Labute approximate surface area is 186 Å². The third-order valence-corrected chi connectivity index (χ3v) is 7.18. The van der Waals surface area contributed by atoms with Gasteiger partial charge in [-0.1, -0.05) is 6.07 Å². The number of thiophene rings is 1. The number of fused-ring (bicyclic) bond motifs is 1. The molecule has 1 amide bonds. The molecular weight excluding hydrogens is 414 g/mol. The molecule has 1 aromatic carbocycles. The summed E-state index contributed by atoms with van der Waals surface area (Å²) in [7, 11) is 3.06. The fourth-order valence-corrected chi connectivity index (χ4v) is 5.61. The van der Waals surface area contributed by atoms with E-state index in [0.29, 0.717) is 17.1 Å². The molecule has 166 valence electrons. The Morgan fingerprint density at radius 2 is 1.87 bits per heavy atom. The highest BCUT2D eigenvalue weighted by molar-refractivity contribution is 7.17. The maximum absolute atomic E-state index is 12.8. The van der Waals surface area contributed by atoms with Gasteiger partial charge in [-0.15, -0.1) is 11.3 Å². The van der Waals surface area contributed by atoms with E-state index in [9.17, 15) is 9.59 Å². The van der Waals surface area contributed by atoms with E-state index in [1.54, 1.807) is 7.11 Å². The van der Waals surface area contributed by atoms with Crippen LogP contribution in [0.5, 0.6) is 5.75 Å². The van der Waals surface area contributed by atoms with Gasteiger partial charge in [0.15, 0.2) is 0 Å². The highest BCUT2D eigenvalue weighted by Gasteiger charge is 2.27. The summed E-state index contributed by atoms with van der Waals surface area (Å²) in [6.45, 7) is 3.61. The van der Waals surface area contributed by atoms with Crippen molar-refractivity contribution in [2.45, 2.75) is 25.7 Å². The fourth-order valence-electron chi connectivity index (χ4n) is 4.31. The SMILES string of the molecule is COC(=O)c1c(NC(=O)CN2CCN(c3cccc(OC)c3)CC2)sc2c1CCCC2. The molecule has 0 unspecified atom stereocenters. The standard InChI is InChI=1S/C23H29N3O4S/c1-29-17-7-5-6-16(14-17)26-12-10-25(11-13-26)15-20(27)24-22-21(23(28)30-2)18-8-3-4-9-19(18)31-22/h5-7,14H,3-4,8-13,15H2,1-2H3,(H,24,27). The number of hydrogen-bond acceptors (Lipinski definition) is 7. The van der Waals surface area contributed by atoms with E-state index in [4.69, 9.17) is 9.47 Å². The molecule has 31 heavy (non-hydrogen) atoms. The van der Waals surface area contributed by atoms with Crippen molar-refractivity contribution in [1.29, 1.82) is 0 Å². The smallest absolute Gasteiger partial charge is 0.341 e. The quantitative estimate of drug-likeness (QED) is 0.692. The summed E-state index contributed by atoms with van der Waals surface area (Å²) >= 11 is 1.53. The average molecular weight is 444 g/mol. The fraction of sp³-hybridized carbons (Fsp3) is 0.478. The number of nitrogens with one attached hydrogen (secondary N) is 1. The molecule has 8 heteroatoms. The van der Waals surface area contributed by atoms with Crippen LogP contribution in [0.4, 0.5) is 10.7 Å². The van der Waals surface area contributed by atoms with Crippen LogP contribution in [0.25, 0.3) is 0 Å². The normalized spacial score (nSPS) is 16.5. The minimum absolute atomic E-state index is 0.0846. The molecule has 1 N–H and O–H groups in total. The van der Waals surface area contributed by atoms with Gasteiger partial charge in [0.2, 0.25) is 5.91 Å². The van der Waals surface area contributed by atoms with Crippen LogP contribution in [-0.2, 0) is 22.4 Å². The first-order valence-corrected chi connectivity index (χ1v) is 11.5.